The molecular formula is C16H20ClNO5S. The van der Waals surface area contributed by atoms with Crippen molar-refractivity contribution in [3.05, 3.63) is 28.8 Å². The molecule has 1 atom stereocenters. The summed E-state index contributed by atoms with van der Waals surface area (Å²) in [5, 5.41) is 0.0525. The van der Waals surface area contributed by atoms with Crippen molar-refractivity contribution in [2.45, 2.75) is 44.1 Å². The maximum absolute atomic E-state index is 12.7. The average molecular weight is 374 g/mol. The van der Waals surface area contributed by atoms with Crippen LogP contribution in [0.15, 0.2) is 23.1 Å². The summed E-state index contributed by atoms with van der Waals surface area (Å²) in [6.45, 7) is 3.65. The second-order valence-electron chi connectivity index (χ2n) is 5.77. The van der Waals surface area contributed by atoms with Gasteiger partial charge in [-0.3, -0.25) is 4.79 Å². The van der Waals surface area contributed by atoms with Crippen LogP contribution in [-0.2, 0) is 19.6 Å². The largest absolute Gasteiger partial charge is 0.451 e. The van der Waals surface area contributed by atoms with Gasteiger partial charge in [-0.1, -0.05) is 18.0 Å². The molecule has 0 saturated carbocycles. The summed E-state index contributed by atoms with van der Waals surface area (Å²) in [5.74, 6) is -1.05. The van der Waals surface area contributed by atoms with Gasteiger partial charge in [0.05, 0.1) is 10.6 Å². The minimum Gasteiger partial charge on any atom is -0.451 e. The Morgan fingerprint density at radius 3 is 2.42 bits per heavy atom. The Morgan fingerprint density at radius 2 is 1.83 bits per heavy atom. The minimum atomic E-state index is -3.77. The van der Waals surface area contributed by atoms with Crippen LogP contribution in [0.1, 0.15) is 43.5 Å². The van der Waals surface area contributed by atoms with Gasteiger partial charge >= 0.3 is 5.97 Å². The number of ether oxygens (including phenoxy) is 1. The van der Waals surface area contributed by atoms with Gasteiger partial charge in [0.15, 0.2) is 11.9 Å². The first-order chi connectivity index (χ1) is 11.2. The van der Waals surface area contributed by atoms with E-state index < -0.39 is 22.1 Å². The first kappa shape index (κ1) is 18.9. The molecule has 1 aromatic rings. The predicted octanol–water partition coefficient (Wildman–Crippen LogP) is 2.65. The van der Waals surface area contributed by atoms with E-state index in [1.165, 1.54) is 36.4 Å². The lowest BCUT2D eigenvalue weighted by Crippen LogP contribution is -2.35. The second-order valence-corrected chi connectivity index (χ2v) is 8.08. The Bertz CT molecular complexity index is 741. The third-order valence-corrected chi connectivity index (χ3v) is 6.34. The predicted molar refractivity (Wildman–Crippen MR) is 89.6 cm³/mol. The number of ketones is 1. The zero-order valence-corrected chi connectivity index (χ0v) is 15.2. The molecule has 8 heteroatoms. The van der Waals surface area contributed by atoms with E-state index in [2.05, 4.69) is 0 Å². The first-order valence-corrected chi connectivity index (χ1v) is 9.56. The van der Waals surface area contributed by atoms with E-state index in [9.17, 15) is 18.0 Å². The number of benzene rings is 1. The molecule has 0 aromatic heterocycles. The fraction of sp³-hybridized carbons (Fsp3) is 0.500. The maximum Gasteiger partial charge on any atom is 0.338 e. The van der Waals surface area contributed by atoms with E-state index in [0.717, 1.165) is 19.3 Å². The minimum absolute atomic E-state index is 0.0445. The zero-order chi connectivity index (χ0) is 17.9. The lowest BCUT2D eigenvalue weighted by Gasteiger charge is -2.26. The average Bonchev–Trinajstić information content (AvgIpc) is 2.55. The van der Waals surface area contributed by atoms with Crippen molar-refractivity contribution >= 4 is 33.4 Å². The molecule has 1 aliphatic rings. The quantitative estimate of drug-likeness (QED) is 0.741. The van der Waals surface area contributed by atoms with Crippen LogP contribution in [0.2, 0.25) is 5.02 Å². The van der Waals surface area contributed by atoms with Gasteiger partial charge in [-0.15, -0.1) is 0 Å². The molecule has 0 spiro atoms. The molecule has 0 bridgehead atoms. The summed E-state index contributed by atoms with van der Waals surface area (Å²) >= 11 is 6.05. The highest BCUT2D eigenvalue weighted by Gasteiger charge is 2.29. The summed E-state index contributed by atoms with van der Waals surface area (Å²) < 4.78 is 31.9. The van der Waals surface area contributed by atoms with Gasteiger partial charge in [0, 0.05) is 13.1 Å². The number of halogens is 1. The third-order valence-electron chi connectivity index (χ3n) is 3.96. The molecule has 6 nitrogen and oxygen atoms in total. The van der Waals surface area contributed by atoms with Gasteiger partial charge in [0.25, 0.3) is 0 Å². The van der Waals surface area contributed by atoms with Gasteiger partial charge in [-0.25, -0.2) is 13.2 Å². The molecule has 132 valence electrons. The Kier molecular flexibility index (Phi) is 6.01. The van der Waals surface area contributed by atoms with Gasteiger partial charge in [0.2, 0.25) is 10.0 Å². The van der Waals surface area contributed by atoms with Crippen molar-refractivity contribution in [1.29, 1.82) is 0 Å². The highest BCUT2D eigenvalue weighted by Crippen LogP contribution is 2.28. The third kappa shape index (κ3) is 4.15. The Balaban J connectivity index is 2.31. The van der Waals surface area contributed by atoms with Gasteiger partial charge in [-0.05, 0) is 44.9 Å². The molecule has 1 saturated heterocycles. The smallest absolute Gasteiger partial charge is 0.338 e. The van der Waals surface area contributed by atoms with Crippen LogP contribution in [0.25, 0.3) is 0 Å². The number of piperidine rings is 1. The van der Waals surface area contributed by atoms with Crippen LogP contribution in [0.5, 0.6) is 0 Å². The topological polar surface area (TPSA) is 80.8 Å². The second kappa shape index (κ2) is 7.63. The van der Waals surface area contributed by atoms with E-state index in [0.29, 0.717) is 13.1 Å². The van der Waals surface area contributed by atoms with Crippen LogP contribution < -0.4 is 0 Å². The number of rotatable bonds is 5. The number of carbonyl (C=O) groups is 2. The fourth-order valence-corrected chi connectivity index (χ4v) is 4.40. The van der Waals surface area contributed by atoms with E-state index >= 15 is 0 Å². The maximum atomic E-state index is 12.7. The van der Waals surface area contributed by atoms with Crippen LogP contribution in [0.3, 0.4) is 0 Å². The summed E-state index contributed by atoms with van der Waals surface area (Å²) in [7, 11) is -3.77. The van der Waals surface area contributed by atoms with E-state index in [1.807, 2.05) is 0 Å². The number of hydrogen-bond acceptors (Lipinski definition) is 5. The standard InChI is InChI=1S/C16H20ClNO5S/c1-11(19)12(2)23-16(20)13-6-7-14(17)15(10-13)24(21,22)18-8-4-3-5-9-18/h6-7,10,12H,3-5,8-9H2,1-2H3/t12-/m1/s1. The van der Waals surface area contributed by atoms with Crippen molar-refractivity contribution < 1.29 is 22.7 Å². The molecule has 1 heterocycles. The van der Waals surface area contributed by atoms with Gasteiger partial charge < -0.3 is 4.74 Å². The first-order valence-electron chi connectivity index (χ1n) is 7.74. The molecule has 1 fully saturated rings. The van der Waals surface area contributed by atoms with Crippen LogP contribution in [-0.4, -0.2) is 43.7 Å². The van der Waals surface area contributed by atoms with E-state index in [1.54, 1.807) is 0 Å². The Labute approximate surface area is 146 Å². The summed E-state index contributed by atoms with van der Waals surface area (Å²) in [5.41, 5.74) is 0.0445. The molecule has 0 amide bonds. The number of carbonyl (C=O) groups excluding carboxylic acids is 2. The Morgan fingerprint density at radius 1 is 1.21 bits per heavy atom. The SMILES string of the molecule is CC(=O)[C@@H](C)OC(=O)c1ccc(Cl)c(S(=O)(=O)N2CCCCC2)c1. The number of Topliss-reactive ketones (excluding diaryl/α,β-unsaturated/α-hetero) is 1. The van der Waals surface area contributed by atoms with E-state index in [4.69, 9.17) is 16.3 Å². The highest BCUT2D eigenvalue weighted by atomic mass is 35.5. The van der Waals surface area contributed by atoms with Crippen molar-refractivity contribution in [3.8, 4) is 0 Å². The summed E-state index contributed by atoms with van der Waals surface area (Å²) in [6, 6.07) is 3.95. The molecule has 0 N–H and O–H groups in total. The monoisotopic (exact) mass is 373 g/mol. The van der Waals surface area contributed by atoms with Crippen LogP contribution in [0, 0.1) is 0 Å². The normalized spacial score (nSPS) is 17.3. The molecule has 24 heavy (non-hydrogen) atoms. The van der Waals surface area contributed by atoms with E-state index in [-0.39, 0.29) is 21.3 Å². The lowest BCUT2D eigenvalue weighted by molar-refractivity contribution is -0.124. The molecule has 2 rings (SSSR count). The fourth-order valence-electron chi connectivity index (χ4n) is 2.38. The van der Waals surface area contributed by atoms with Crippen molar-refractivity contribution in [1.82, 2.24) is 4.31 Å². The Hall–Kier alpha value is -1.44. The van der Waals surface area contributed by atoms with Gasteiger partial charge in [-0.2, -0.15) is 4.31 Å². The number of nitrogens with zero attached hydrogens (tertiary/aromatic N) is 1. The number of sulfonamides is 1. The number of esters is 1. The molecule has 1 aromatic carbocycles. The highest BCUT2D eigenvalue weighted by molar-refractivity contribution is 7.89. The molecule has 0 radical (unpaired) electrons. The van der Waals surface area contributed by atoms with Crippen molar-refractivity contribution in [3.63, 3.8) is 0 Å². The lowest BCUT2D eigenvalue weighted by atomic mass is 10.2. The van der Waals surface area contributed by atoms with Crippen molar-refractivity contribution in [2.24, 2.45) is 0 Å². The molecule has 0 aliphatic carbocycles. The molecular weight excluding hydrogens is 354 g/mol. The van der Waals surface area contributed by atoms with Crippen LogP contribution >= 0.6 is 11.6 Å². The van der Waals surface area contributed by atoms with Crippen LogP contribution in [0.4, 0.5) is 0 Å². The summed E-state index contributed by atoms with van der Waals surface area (Å²) in [6.07, 6.45) is 1.70. The zero-order valence-electron chi connectivity index (χ0n) is 13.6. The summed E-state index contributed by atoms with van der Waals surface area (Å²) in [4.78, 5) is 23.2. The number of hydrogen-bond donors (Lipinski definition) is 0. The van der Waals surface area contributed by atoms with Gasteiger partial charge in [0.1, 0.15) is 4.90 Å². The molecule has 0 unspecified atom stereocenters. The van der Waals surface area contributed by atoms with Crippen molar-refractivity contribution in [2.75, 3.05) is 13.1 Å². The molecule has 1 aliphatic heterocycles.